The summed E-state index contributed by atoms with van der Waals surface area (Å²) in [6, 6.07) is 1.14. The minimum absolute atomic E-state index is 0.00540. The molecule has 1 unspecified atom stereocenters. The van der Waals surface area contributed by atoms with Crippen LogP contribution in [0.3, 0.4) is 0 Å². The van der Waals surface area contributed by atoms with Crippen LogP contribution < -0.4 is 0 Å². The van der Waals surface area contributed by atoms with Gasteiger partial charge in [0.1, 0.15) is 0 Å². The normalized spacial score (nSPS) is 17.4. The minimum Gasteiger partial charge on any atom is -0.215 e. The second-order valence-electron chi connectivity index (χ2n) is 1.99. The first-order chi connectivity index (χ1) is 5.36. The van der Waals surface area contributed by atoms with Gasteiger partial charge in [0.15, 0.2) is 0 Å². The highest BCUT2D eigenvalue weighted by atomic mass is 35.5. The first-order valence-electron chi connectivity index (χ1n) is 2.80. The average Bonchev–Trinajstić information content (AvgIpc) is 2.34. The first-order valence-corrected chi connectivity index (χ1v) is 3.18. The van der Waals surface area contributed by atoms with Gasteiger partial charge in [0, 0.05) is 12.4 Å². The molecule has 0 fully saturated rings. The number of hydrogen-bond acceptors (Lipinski definition) is 1. The van der Waals surface area contributed by atoms with E-state index in [2.05, 4.69) is 16.7 Å². The van der Waals surface area contributed by atoms with Crippen LogP contribution in [0.25, 0.3) is 0 Å². The summed E-state index contributed by atoms with van der Waals surface area (Å²) in [6.07, 6.45) is -3.39. The van der Waals surface area contributed by atoms with Crippen molar-refractivity contribution in [1.82, 2.24) is 9.78 Å². The summed E-state index contributed by atoms with van der Waals surface area (Å²) in [5.74, 6) is 0. The Balaban J connectivity index is 3.02. The van der Waals surface area contributed by atoms with Gasteiger partial charge in [-0.05, 0) is 17.7 Å². The predicted molar refractivity (Wildman–Crippen MR) is 33.2 cm³/mol. The predicted octanol–water partition coefficient (Wildman–Crippen LogP) is 2.26. The van der Waals surface area contributed by atoms with Gasteiger partial charge in [-0.15, -0.1) is 0 Å². The molecule has 0 N–H and O–H groups in total. The van der Waals surface area contributed by atoms with E-state index in [0.29, 0.717) is 0 Å². The lowest BCUT2D eigenvalue weighted by Crippen LogP contribution is -2.38. The second kappa shape index (κ2) is 2.62. The molecule has 0 bridgehead atoms. The Kier molecular flexibility index (Phi) is 2.03. The Morgan fingerprint density at radius 3 is 2.17 bits per heavy atom. The fourth-order valence-corrected chi connectivity index (χ4v) is 0.665. The molecule has 0 aromatic carbocycles. The SMILES string of the molecule is FC(F)(F)C(F)(Cl)n1cccn1. The standard InChI is InChI=1S/C5H3ClF4N2/c6-4(7,5(8,9)10)12-3-1-2-11-12/h1-3H. The summed E-state index contributed by atoms with van der Waals surface area (Å²) in [6.45, 7) is 0. The summed E-state index contributed by atoms with van der Waals surface area (Å²) in [5.41, 5.74) is 0. The molecule has 0 aliphatic heterocycles. The zero-order valence-electron chi connectivity index (χ0n) is 5.52. The van der Waals surface area contributed by atoms with Crippen LogP contribution in [0.5, 0.6) is 0 Å². The first kappa shape index (κ1) is 9.31. The Morgan fingerprint density at radius 1 is 1.25 bits per heavy atom. The van der Waals surface area contributed by atoms with Crippen molar-refractivity contribution in [3.63, 3.8) is 0 Å². The summed E-state index contributed by atoms with van der Waals surface area (Å²) in [4.78, 5) is 0. The smallest absolute Gasteiger partial charge is 0.215 e. The number of halogens is 5. The minimum atomic E-state index is -5.18. The monoisotopic (exact) mass is 202 g/mol. The van der Waals surface area contributed by atoms with Crippen molar-refractivity contribution in [2.75, 3.05) is 0 Å². The summed E-state index contributed by atoms with van der Waals surface area (Å²) >= 11 is 4.59. The Morgan fingerprint density at radius 2 is 1.83 bits per heavy atom. The molecular weight excluding hydrogens is 200 g/mol. The molecule has 0 saturated carbocycles. The molecule has 1 aromatic heterocycles. The van der Waals surface area contributed by atoms with Crippen molar-refractivity contribution in [1.29, 1.82) is 0 Å². The zero-order chi connectivity index (χ0) is 9.41. The fourth-order valence-electron chi connectivity index (χ4n) is 0.565. The topological polar surface area (TPSA) is 17.8 Å². The van der Waals surface area contributed by atoms with Crippen molar-refractivity contribution < 1.29 is 17.6 Å². The molecule has 12 heavy (non-hydrogen) atoms. The van der Waals surface area contributed by atoms with Crippen LogP contribution in [0, 0.1) is 0 Å². The van der Waals surface area contributed by atoms with Gasteiger partial charge in [0.05, 0.1) is 0 Å². The molecule has 7 heteroatoms. The molecule has 1 rings (SSSR count). The molecule has 0 aliphatic carbocycles. The largest absolute Gasteiger partial charge is 0.459 e. The van der Waals surface area contributed by atoms with Gasteiger partial charge >= 0.3 is 11.4 Å². The van der Waals surface area contributed by atoms with Crippen LogP contribution in [0.1, 0.15) is 0 Å². The highest BCUT2D eigenvalue weighted by Crippen LogP contribution is 2.40. The maximum absolute atomic E-state index is 12.7. The lowest BCUT2D eigenvalue weighted by atomic mass is 10.6. The van der Waals surface area contributed by atoms with Crippen LogP contribution in [-0.2, 0) is 5.25 Å². The zero-order valence-corrected chi connectivity index (χ0v) is 6.27. The second-order valence-corrected chi connectivity index (χ2v) is 2.49. The number of rotatable bonds is 1. The highest BCUT2D eigenvalue weighted by molar-refractivity contribution is 6.21. The number of hydrogen-bond donors (Lipinski definition) is 0. The number of nitrogens with zero attached hydrogens (tertiary/aromatic N) is 2. The molecule has 0 spiro atoms. The van der Waals surface area contributed by atoms with Gasteiger partial charge in [0.25, 0.3) is 0 Å². The Hall–Kier alpha value is -0.780. The van der Waals surface area contributed by atoms with Gasteiger partial charge < -0.3 is 0 Å². The molecule has 1 atom stereocenters. The Bertz CT molecular complexity index is 253. The van der Waals surface area contributed by atoms with Gasteiger partial charge in [-0.3, -0.25) is 0 Å². The van der Waals surface area contributed by atoms with E-state index in [1.807, 2.05) is 0 Å². The molecule has 0 saturated heterocycles. The number of alkyl halides is 5. The molecule has 0 radical (unpaired) electrons. The van der Waals surface area contributed by atoms with Gasteiger partial charge in [0.2, 0.25) is 0 Å². The van der Waals surface area contributed by atoms with Gasteiger partial charge in [-0.1, -0.05) is 0 Å². The summed E-state index contributed by atoms with van der Waals surface area (Å²) in [5, 5.41) is -0.918. The molecular formula is C5H3ClF4N2. The van der Waals surface area contributed by atoms with E-state index in [0.717, 1.165) is 18.5 Å². The van der Waals surface area contributed by atoms with Crippen LogP contribution >= 0.6 is 11.6 Å². The molecule has 0 amide bonds. The van der Waals surface area contributed by atoms with E-state index in [9.17, 15) is 17.6 Å². The Labute approximate surface area is 69.7 Å². The number of aromatic nitrogens is 2. The maximum Gasteiger partial charge on any atom is 0.459 e. The molecule has 0 aliphatic rings. The highest BCUT2D eigenvalue weighted by Gasteiger charge is 2.57. The molecule has 2 nitrogen and oxygen atoms in total. The third kappa shape index (κ3) is 1.38. The van der Waals surface area contributed by atoms with Gasteiger partial charge in [-0.25, -0.2) is 4.68 Å². The molecule has 1 heterocycles. The van der Waals surface area contributed by atoms with E-state index in [4.69, 9.17) is 0 Å². The van der Waals surface area contributed by atoms with Crippen LogP contribution in [0.4, 0.5) is 17.6 Å². The fraction of sp³-hybridized carbons (Fsp3) is 0.400. The van der Waals surface area contributed by atoms with E-state index in [1.54, 1.807) is 0 Å². The average molecular weight is 203 g/mol. The van der Waals surface area contributed by atoms with Crippen LogP contribution in [0.2, 0.25) is 0 Å². The van der Waals surface area contributed by atoms with Gasteiger partial charge in [-0.2, -0.15) is 22.7 Å². The maximum atomic E-state index is 12.7. The molecule has 68 valence electrons. The van der Waals surface area contributed by atoms with Crippen LogP contribution in [-0.4, -0.2) is 16.0 Å². The van der Waals surface area contributed by atoms with E-state index >= 15 is 0 Å². The summed E-state index contributed by atoms with van der Waals surface area (Å²) < 4.78 is 48.2. The molecule has 1 aromatic rings. The van der Waals surface area contributed by atoms with Crippen molar-refractivity contribution in [3.05, 3.63) is 18.5 Å². The summed E-state index contributed by atoms with van der Waals surface area (Å²) in [7, 11) is 0. The lowest BCUT2D eigenvalue weighted by Gasteiger charge is -2.20. The lowest BCUT2D eigenvalue weighted by molar-refractivity contribution is -0.230. The van der Waals surface area contributed by atoms with Crippen molar-refractivity contribution in [3.8, 4) is 0 Å². The van der Waals surface area contributed by atoms with Crippen LogP contribution in [0.15, 0.2) is 18.5 Å². The van der Waals surface area contributed by atoms with E-state index < -0.39 is 11.4 Å². The van der Waals surface area contributed by atoms with Crippen molar-refractivity contribution in [2.45, 2.75) is 11.4 Å². The van der Waals surface area contributed by atoms with E-state index in [1.165, 1.54) is 0 Å². The third-order valence-corrected chi connectivity index (χ3v) is 1.52. The quantitative estimate of drug-likeness (QED) is 0.505. The third-order valence-electron chi connectivity index (χ3n) is 1.13. The van der Waals surface area contributed by atoms with Crippen molar-refractivity contribution >= 4 is 11.6 Å². The van der Waals surface area contributed by atoms with Crippen molar-refractivity contribution in [2.24, 2.45) is 0 Å². The van der Waals surface area contributed by atoms with E-state index in [-0.39, 0.29) is 4.68 Å².